The van der Waals surface area contributed by atoms with Crippen molar-refractivity contribution < 1.29 is 4.39 Å². The fourth-order valence-corrected chi connectivity index (χ4v) is 3.17. The van der Waals surface area contributed by atoms with E-state index >= 15 is 0 Å². The summed E-state index contributed by atoms with van der Waals surface area (Å²) in [4.78, 5) is 0. The zero-order chi connectivity index (χ0) is 13.1. The zero-order valence-electron chi connectivity index (χ0n) is 10.3. The standard InChI is InChI=1S/C14H15BrFNS/c1-3-17-14(10-7-13(15)18-8-10)11-6-9(2)4-5-12(11)16/h4-8,14,17H,3H2,1-2H3. The molecule has 0 amide bonds. The van der Waals surface area contributed by atoms with Crippen molar-refractivity contribution in [2.24, 2.45) is 0 Å². The van der Waals surface area contributed by atoms with Gasteiger partial charge in [0.1, 0.15) is 5.82 Å². The van der Waals surface area contributed by atoms with E-state index in [4.69, 9.17) is 0 Å². The van der Waals surface area contributed by atoms with Crippen molar-refractivity contribution in [3.63, 3.8) is 0 Å². The monoisotopic (exact) mass is 327 g/mol. The Bertz CT molecular complexity index is 538. The van der Waals surface area contributed by atoms with E-state index in [0.29, 0.717) is 5.56 Å². The first-order valence-corrected chi connectivity index (χ1v) is 7.52. The highest BCUT2D eigenvalue weighted by Gasteiger charge is 2.18. The van der Waals surface area contributed by atoms with Crippen LogP contribution in [0.4, 0.5) is 4.39 Å². The van der Waals surface area contributed by atoms with Gasteiger partial charge in [-0.05, 0) is 52.5 Å². The number of halogens is 2. The van der Waals surface area contributed by atoms with Crippen LogP contribution in [0.3, 0.4) is 0 Å². The van der Waals surface area contributed by atoms with Crippen molar-refractivity contribution in [2.45, 2.75) is 19.9 Å². The third-order valence-corrected chi connectivity index (χ3v) is 4.31. The van der Waals surface area contributed by atoms with E-state index in [1.807, 2.05) is 26.0 Å². The summed E-state index contributed by atoms with van der Waals surface area (Å²) < 4.78 is 15.1. The molecule has 0 bridgehead atoms. The molecule has 1 heterocycles. The van der Waals surface area contributed by atoms with Crippen LogP contribution >= 0.6 is 27.3 Å². The number of nitrogens with one attached hydrogen (secondary N) is 1. The lowest BCUT2D eigenvalue weighted by molar-refractivity contribution is 0.559. The summed E-state index contributed by atoms with van der Waals surface area (Å²) in [5.41, 5.74) is 2.88. The van der Waals surface area contributed by atoms with Gasteiger partial charge in [0.25, 0.3) is 0 Å². The van der Waals surface area contributed by atoms with Crippen LogP contribution in [0.5, 0.6) is 0 Å². The van der Waals surface area contributed by atoms with Gasteiger partial charge in [-0.25, -0.2) is 4.39 Å². The SMILES string of the molecule is CCNC(c1csc(Br)c1)c1cc(C)ccc1F. The quantitative estimate of drug-likeness (QED) is 0.861. The molecular weight excluding hydrogens is 313 g/mol. The van der Waals surface area contributed by atoms with Crippen LogP contribution in [-0.4, -0.2) is 6.54 Å². The molecule has 0 fully saturated rings. The number of thiophene rings is 1. The lowest BCUT2D eigenvalue weighted by Crippen LogP contribution is -2.22. The first-order valence-electron chi connectivity index (χ1n) is 5.85. The number of rotatable bonds is 4. The highest BCUT2D eigenvalue weighted by Crippen LogP contribution is 2.30. The third kappa shape index (κ3) is 2.99. The average molecular weight is 328 g/mol. The van der Waals surface area contributed by atoms with Crippen LogP contribution in [-0.2, 0) is 0 Å². The predicted molar refractivity (Wildman–Crippen MR) is 78.7 cm³/mol. The van der Waals surface area contributed by atoms with Gasteiger partial charge in [-0.2, -0.15) is 0 Å². The van der Waals surface area contributed by atoms with Crippen molar-refractivity contribution in [3.05, 3.63) is 55.9 Å². The molecule has 0 saturated heterocycles. The maximum Gasteiger partial charge on any atom is 0.128 e. The zero-order valence-corrected chi connectivity index (χ0v) is 12.7. The molecule has 1 aromatic heterocycles. The van der Waals surface area contributed by atoms with E-state index in [1.165, 1.54) is 6.07 Å². The Labute approximate surface area is 119 Å². The molecule has 4 heteroatoms. The predicted octanol–water partition coefficient (Wildman–Crippen LogP) is 4.66. The summed E-state index contributed by atoms with van der Waals surface area (Å²) >= 11 is 5.07. The highest BCUT2D eigenvalue weighted by molar-refractivity contribution is 9.11. The molecule has 2 rings (SSSR count). The van der Waals surface area contributed by atoms with E-state index in [2.05, 4.69) is 26.6 Å². The second kappa shape index (κ2) is 5.95. The Morgan fingerprint density at radius 3 is 2.78 bits per heavy atom. The van der Waals surface area contributed by atoms with Gasteiger partial charge in [0.15, 0.2) is 0 Å². The number of hydrogen-bond acceptors (Lipinski definition) is 2. The van der Waals surface area contributed by atoms with Crippen LogP contribution < -0.4 is 5.32 Å². The first-order chi connectivity index (χ1) is 8.61. The number of aryl methyl sites for hydroxylation is 1. The summed E-state index contributed by atoms with van der Waals surface area (Å²) in [5.74, 6) is -0.158. The van der Waals surface area contributed by atoms with Crippen molar-refractivity contribution in [2.75, 3.05) is 6.54 Å². The molecule has 1 aromatic carbocycles. The van der Waals surface area contributed by atoms with Crippen LogP contribution in [0.25, 0.3) is 0 Å². The smallest absolute Gasteiger partial charge is 0.128 e. The molecule has 0 saturated carbocycles. The summed E-state index contributed by atoms with van der Waals surface area (Å²) in [6.07, 6.45) is 0. The van der Waals surface area contributed by atoms with Crippen molar-refractivity contribution in [1.29, 1.82) is 0 Å². The van der Waals surface area contributed by atoms with Crippen molar-refractivity contribution in [3.8, 4) is 0 Å². The maximum atomic E-state index is 14.0. The van der Waals surface area contributed by atoms with Gasteiger partial charge >= 0.3 is 0 Å². The minimum Gasteiger partial charge on any atom is -0.306 e. The summed E-state index contributed by atoms with van der Waals surface area (Å²) in [6, 6.07) is 7.20. The van der Waals surface area contributed by atoms with E-state index < -0.39 is 0 Å². The minimum absolute atomic E-state index is 0.0857. The topological polar surface area (TPSA) is 12.0 Å². The summed E-state index contributed by atoms with van der Waals surface area (Å²) in [7, 11) is 0. The van der Waals surface area contributed by atoms with Crippen LogP contribution in [0, 0.1) is 12.7 Å². The fraction of sp³-hybridized carbons (Fsp3) is 0.286. The normalized spacial score (nSPS) is 12.7. The molecule has 1 atom stereocenters. The van der Waals surface area contributed by atoms with Crippen LogP contribution in [0.1, 0.15) is 29.7 Å². The Balaban J connectivity index is 2.44. The van der Waals surface area contributed by atoms with Gasteiger partial charge in [0.2, 0.25) is 0 Å². The number of benzene rings is 1. The molecule has 96 valence electrons. The van der Waals surface area contributed by atoms with E-state index in [-0.39, 0.29) is 11.9 Å². The van der Waals surface area contributed by atoms with E-state index in [1.54, 1.807) is 17.4 Å². The minimum atomic E-state index is -0.158. The molecule has 0 aliphatic carbocycles. The molecule has 18 heavy (non-hydrogen) atoms. The van der Waals surface area contributed by atoms with Crippen LogP contribution in [0.2, 0.25) is 0 Å². The Morgan fingerprint density at radius 1 is 1.39 bits per heavy atom. The fourth-order valence-electron chi connectivity index (χ4n) is 1.97. The summed E-state index contributed by atoms with van der Waals surface area (Å²) in [6.45, 7) is 4.81. The molecule has 0 radical (unpaired) electrons. The van der Waals surface area contributed by atoms with Crippen molar-refractivity contribution in [1.82, 2.24) is 5.32 Å². The summed E-state index contributed by atoms with van der Waals surface area (Å²) in [5, 5.41) is 5.40. The Kier molecular flexibility index (Phi) is 4.54. The third-order valence-electron chi connectivity index (χ3n) is 2.79. The van der Waals surface area contributed by atoms with Gasteiger partial charge in [-0.3, -0.25) is 0 Å². The first kappa shape index (κ1) is 13.7. The second-order valence-electron chi connectivity index (χ2n) is 4.20. The largest absolute Gasteiger partial charge is 0.306 e. The molecule has 0 aliphatic rings. The lowest BCUT2D eigenvalue weighted by atomic mass is 9.99. The van der Waals surface area contributed by atoms with Gasteiger partial charge in [0.05, 0.1) is 9.83 Å². The second-order valence-corrected chi connectivity index (χ2v) is 6.49. The van der Waals surface area contributed by atoms with E-state index in [0.717, 1.165) is 21.5 Å². The molecule has 1 nitrogen and oxygen atoms in total. The number of hydrogen-bond donors (Lipinski definition) is 1. The Hall–Kier alpha value is -0.710. The molecule has 1 N–H and O–H groups in total. The Morgan fingerprint density at radius 2 is 2.17 bits per heavy atom. The van der Waals surface area contributed by atoms with Gasteiger partial charge in [0, 0.05) is 5.56 Å². The van der Waals surface area contributed by atoms with Crippen molar-refractivity contribution >= 4 is 27.3 Å². The average Bonchev–Trinajstić information content (AvgIpc) is 2.76. The molecule has 2 aromatic rings. The van der Waals surface area contributed by atoms with Gasteiger partial charge < -0.3 is 5.32 Å². The molecule has 0 spiro atoms. The maximum absolute atomic E-state index is 14.0. The van der Waals surface area contributed by atoms with Crippen LogP contribution in [0.15, 0.2) is 33.4 Å². The lowest BCUT2D eigenvalue weighted by Gasteiger charge is -2.18. The van der Waals surface area contributed by atoms with Gasteiger partial charge in [-0.1, -0.05) is 24.6 Å². The molecule has 0 aliphatic heterocycles. The highest BCUT2D eigenvalue weighted by atomic mass is 79.9. The molecular formula is C14H15BrFNS. The van der Waals surface area contributed by atoms with E-state index in [9.17, 15) is 4.39 Å². The van der Waals surface area contributed by atoms with Gasteiger partial charge in [-0.15, -0.1) is 11.3 Å². The molecule has 1 unspecified atom stereocenters.